The Labute approximate surface area is 103 Å². The van der Waals surface area contributed by atoms with Crippen molar-refractivity contribution in [3.63, 3.8) is 0 Å². The SMILES string of the molecule is [2H]C1(C)CCC2(CC1)CCC1(CCCC1)CC2. The summed E-state index contributed by atoms with van der Waals surface area (Å²) in [4.78, 5) is 0. The summed E-state index contributed by atoms with van der Waals surface area (Å²) in [5.41, 5.74) is 1.46. The Kier molecular flexibility index (Phi) is 2.51. The summed E-state index contributed by atoms with van der Waals surface area (Å²) >= 11 is 0. The molecule has 92 valence electrons. The van der Waals surface area contributed by atoms with Crippen LogP contribution in [0.4, 0.5) is 0 Å². The highest BCUT2D eigenvalue weighted by Gasteiger charge is 2.44. The highest BCUT2D eigenvalue weighted by molar-refractivity contribution is 4.96. The average Bonchev–Trinajstić information content (AvgIpc) is 2.76. The molecule has 0 aromatic heterocycles. The van der Waals surface area contributed by atoms with E-state index in [2.05, 4.69) is 6.92 Å². The van der Waals surface area contributed by atoms with Crippen LogP contribution < -0.4 is 0 Å². The van der Waals surface area contributed by atoms with Gasteiger partial charge < -0.3 is 0 Å². The summed E-state index contributed by atoms with van der Waals surface area (Å²) in [5, 5.41) is 0. The normalized spacial score (nSPS) is 36.4. The molecule has 0 radical (unpaired) electrons. The molecular formula is C16H28. The van der Waals surface area contributed by atoms with Gasteiger partial charge in [-0.05, 0) is 68.1 Å². The second-order valence-corrected chi connectivity index (χ2v) is 7.16. The van der Waals surface area contributed by atoms with Crippen molar-refractivity contribution in [1.29, 1.82) is 0 Å². The molecule has 3 rings (SSSR count). The molecule has 3 aliphatic rings. The van der Waals surface area contributed by atoms with Crippen LogP contribution in [0.25, 0.3) is 0 Å². The van der Waals surface area contributed by atoms with Gasteiger partial charge in [0, 0.05) is 1.37 Å². The topological polar surface area (TPSA) is 0 Å². The predicted molar refractivity (Wildman–Crippen MR) is 69.4 cm³/mol. The van der Waals surface area contributed by atoms with Crippen molar-refractivity contribution >= 4 is 0 Å². The van der Waals surface area contributed by atoms with Crippen LogP contribution in [-0.2, 0) is 0 Å². The molecule has 0 aromatic carbocycles. The van der Waals surface area contributed by atoms with E-state index in [0.717, 1.165) is 18.3 Å². The van der Waals surface area contributed by atoms with Crippen LogP contribution in [0.3, 0.4) is 0 Å². The first-order chi connectivity index (χ1) is 8.04. The zero-order chi connectivity index (χ0) is 12.0. The molecule has 3 aliphatic carbocycles. The maximum atomic E-state index is 8.19. The van der Waals surface area contributed by atoms with Crippen LogP contribution in [-0.4, -0.2) is 0 Å². The van der Waals surface area contributed by atoms with E-state index in [1.807, 2.05) is 0 Å². The molecule has 2 spiro atoms. The molecule has 0 bridgehead atoms. The first kappa shape index (κ1) is 9.97. The monoisotopic (exact) mass is 221 g/mol. The Hall–Kier alpha value is 0. The minimum absolute atomic E-state index is 0.103. The molecular weight excluding hydrogens is 192 g/mol. The van der Waals surface area contributed by atoms with Crippen molar-refractivity contribution in [3.8, 4) is 0 Å². The highest BCUT2D eigenvalue weighted by atomic mass is 14.5. The number of hydrogen-bond acceptors (Lipinski definition) is 0. The van der Waals surface area contributed by atoms with Gasteiger partial charge in [0.25, 0.3) is 0 Å². The summed E-state index contributed by atoms with van der Waals surface area (Å²) in [6, 6.07) is 0. The third-order valence-electron chi connectivity index (χ3n) is 6.20. The minimum Gasteiger partial charge on any atom is -0.0625 e. The van der Waals surface area contributed by atoms with E-state index < -0.39 is 0 Å². The smallest absolute Gasteiger partial charge is 0.0300 e. The second kappa shape index (κ2) is 4.03. The third-order valence-corrected chi connectivity index (χ3v) is 6.20. The van der Waals surface area contributed by atoms with Gasteiger partial charge in [0.05, 0.1) is 0 Å². The fraction of sp³-hybridized carbons (Fsp3) is 1.00. The molecule has 0 heterocycles. The number of hydrogen-bond donors (Lipinski definition) is 0. The van der Waals surface area contributed by atoms with Crippen LogP contribution in [0.5, 0.6) is 0 Å². The van der Waals surface area contributed by atoms with Crippen molar-refractivity contribution in [2.75, 3.05) is 0 Å². The fourth-order valence-electron chi connectivity index (χ4n) is 4.64. The summed E-state index contributed by atoms with van der Waals surface area (Å²) in [6.45, 7) is 2.14. The molecule has 0 nitrogen and oxygen atoms in total. The van der Waals surface area contributed by atoms with Crippen molar-refractivity contribution in [2.24, 2.45) is 16.7 Å². The lowest BCUT2D eigenvalue weighted by Crippen LogP contribution is -2.35. The summed E-state index contributed by atoms with van der Waals surface area (Å²) in [6.07, 6.45) is 17.1. The maximum absolute atomic E-state index is 8.19. The van der Waals surface area contributed by atoms with Crippen LogP contribution in [0.1, 0.15) is 85.3 Å². The quantitative estimate of drug-likeness (QED) is 0.519. The summed E-state index contributed by atoms with van der Waals surface area (Å²) in [7, 11) is 0. The Bertz CT molecular complexity index is 264. The van der Waals surface area contributed by atoms with Gasteiger partial charge in [-0.25, -0.2) is 0 Å². The van der Waals surface area contributed by atoms with Gasteiger partial charge in [-0.1, -0.05) is 32.6 Å². The molecule has 3 fully saturated rings. The Morgan fingerprint density at radius 3 is 1.69 bits per heavy atom. The third kappa shape index (κ3) is 1.93. The molecule has 0 N–H and O–H groups in total. The van der Waals surface area contributed by atoms with Gasteiger partial charge in [0.2, 0.25) is 0 Å². The van der Waals surface area contributed by atoms with Gasteiger partial charge in [0.1, 0.15) is 0 Å². The molecule has 0 unspecified atom stereocenters. The highest BCUT2D eigenvalue weighted by Crippen LogP contribution is 2.57. The second-order valence-electron chi connectivity index (χ2n) is 7.16. The largest absolute Gasteiger partial charge is 0.0625 e. The minimum atomic E-state index is -0.103. The van der Waals surface area contributed by atoms with Crippen molar-refractivity contribution < 1.29 is 1.37 Å². The van der Waals surface area contributed by atoms with Crippen molar-refractivity contribution in [2.45, 2.75) is 84.0 Å². The molecule has 0 heteroatoms. The molecule has 0 amide bonds. The fourth-order valence-corrected chi connectivity index (χ4v) is 4.64. The van der Waals surface area contributed by atoms with E-state index in [4.69, 9.17) is 1.37 Å². The van der Waals surface area contributed by atoms with E-state index in [1.54, 1.807) is 0 Å². The van der Waals surface area contributed by atoms with Crippen LogP contribution in [0.2, 0.25) is 0 Å². The van der Waals surface area contributed by atoms with E-state index in [-0.39, 0.29) is 5.89 Å². The van der Waals surface area contributed by atoms with Crippen molar-refractivity contribution in [3.05, 3.63) is 0 Å². The summed E-state index contributed by atoms with van der Waals surface area (Å²) in [5.74, 6) is -0.103. The molecule has 0 saturated heterocycles. The lowest BCUT2D eigenvalue weighted by atomic mass is 9.57. The zero-order valence-corrected chi connectivity index (χ0v) is 11.0. The first-order valence-electron chi connectivity index (χ1n) is 8.04. The predicted octanol–water partition coefficient (Wildman–Crippen LogP) is 5.32. The van der Waals surface area contributed by atoms with E-state index in [9.17, 15) is 0 Å². The molecule has 0 atom stereocenters. The lowest BCUT2D eigenvalue weighted by Gasteiger charge is -2.48. The Balaban J connectivity index is 1.61. The molecule has 0 aliphatic heterocycles. The van der Waals surface area contributed by atoms with Gasteiger partial charge in [-0.2, -0.15) is 0 Å². The average molecular weight is 221 g/mol. The molecule has 3 saturated carbocycles. The van der Waals surface area contributed by atoms with E-state index in [0.29, 0.717) is 5.41 Å². The molecule has 16 heavy (non-hydrogen) atoms. The first-order valence-corrected chi connectivity index (χ1v) is 7.54. The standard InChI is InChI=1S/C16H28/c1-14-4-8-16(9-5-14)12-10-15(11-13-16)6-2-3-7-15/h14H,2-13H2,1H3/i14D. The van der Waals surface area contributed by atoms with Crippen LogP contribution >= 0.6 is 0 Å². The van der Waals surface area contributed by atoms with Crippen molar-refractivity contribution in [1.82, 2.24) is 0 Å². The molecule has 0 aromatic rings. The van der Waals surface area contributed by atoms with Gasteiger partial charge in [-0.3, -0.25) is 0 Å². The van der Waals surface area contributed by atoms with Gasteiger partial charge >= 0.3 is 0 Å². The van der Waals surface area contributed by atoms with E-state index in [1.165, 1.54) is 64.2 Å². The number of rotatable bonds is 0. The van der Waals surface area contributed by atoms with E-state index >= 15 is 0 Å². The lowest BCUT2D eigenvalue weighted by molar-refractivity contribution is 0.0378. The summed E-state index contributed by atoms with van der Waals surface area (Å²) < 4.78 is 8.19. The zero-order valence-electron chi connectivity index (χ0n) is 12.0. The van der Waals surface area contributed by atoms with Gasteiger partial charge in [-0.15, -0.1) is 0 Å². The van der Waals surface area contributed by atoms with Gasteiger partial charge in [0.15, 0.2) is 0 Å². The van der Waals surface area contributed by atoms with Crippen LogP contribution in [0.15, 0.2) is 0 Å². The Morgan fingerprint density at radius 1 is 0.750 bits per heavy atom. The Morgan fingerprint density at radius 2 is 1.19 bits per heavy atom. The van der Waals surface area contributed by atoms with Crippen LogP contribution in [0, 0.1) is 16.7 Å². The maximum Gasteiger partial charge on any atom is 0.0300 e.